The van der Waals surface area contributed by atoms with Gasteiger partial charge in [-0.3, -0.25) is 24.7 Å². The molecule has 3 amide bonds. The van der Waals surface area contributed by atoms with Gasteiger partial charge in [-0.15, -0.1) is 0 Å². The van der Waals surface area contributed by atoms with Crippen molar-refractivity contribution in [2.45, 2.75) is 18.9 Å². The third-order valence-electron chi connectivity index (χ3n) is 5.57. The maximum absolute atomic E-state index is 13.6. The Morgan fingerprint density at radius 3 is 2.42 bits per heavy atom. The van der Waals surface area contributed by atoms with Crippen LogP contribution < -0.4 is 15.6 Å². The van der Waals surface area contributed by atoms with Crippen molar-refractivity contribution in [1.29, 1.82) is 0 Å². The molecule has 4 rings (SSSR count). The van der Waals surface area contributed by atoms with Crippen molar-refractivity contribution in [1.82, 2.24) is 15.8 Å². The minimum atomic E-state index is -1.09. The molecule has 1 fully saturated rings. The van der Waals surface area contributed by atoms with Crippen LogP contribution in [0.15, 0.2) is 78.9 Å². The summed E-state index contributed by atoms with van der Waals surface area (Å²) in [6.45, 7) is 0.380. The summed E-state index contributed by atoms with van der Waals surface area (Å²) in [4.78, 5) is 40.2. The maximum atomic E-state index is 13.6. The van der Waals surface area contributed by atoms with Gasteiger partial charge in [0, 0.05) is 17.1 Å². The van der Waals surface area contributed by atoms with Crippen molar-refractivity contribution in [2.24, 2.45) is 0 Å². The molecule has 0 saturated carbocycles. The molecule has 1 aliphatic rings. The van der Waals surface area contributed by atoms with Crippen molar-refractivity contribution < 1.29 is 18.8 Å². The minimum absolute atomic E-state index is 0.0193. The first-order chi connectivity index (χ1) is 17.3. The summed E-state index contributed by atoms with van der Waals surface area (Å²) in [5.41, 5.74) is 4.11. The number of hydrogen-bond donors (Lipinski definition) is 2. The highest BCUT2D eigenvalue weighted by Gasteiger charge is 2.45. The number of hydrazine groups is 1. The third-order valence-corrected chi connectivity index (χ3v) is 6.20. The van der Waals surface area contributed by atoms with Gasteiger partial charge in [0.2, 0.25) is 11.0 Å². The van der Waals surface area contributed by atoms with E-state index >= 15 is 0 Å². The van der Waals surface area contributed by atoms with E-state index < -0.39 is 23.7 Å². The Balaban J connectivity index is 1.51. The first-order valence-corrected chi connectivity index (χ1v) is 11.9. The van der Waals surface area contributed by atoms with Gasteiger partial charge < -0.3 is 5.32 Å². The van der Waals surface area contributed by atoms with Gasteiger partial charge in [0.15, 0.2) is 0 Å². The topological polar surface area (TPSA) is 81.8 Å². The van der Waals surface area contributed by atoms with Crippen LogP contribution in [0.3, 0.4) is 0 Å². The molecule has 3 aromatic rings. The predicted octanol–water partition coefficient (Wildman–Crippen LogP) is 3.88. The standard InChI is InChI=1S/C26H22ClFN4O3S/c27-19-9-11-21(12-10-19)31-25(35)22(16-23(33)29-14-13-17-5-2-1-3-6-17)32(26(31)36)30-24(34)18-7-4-8-20(28)15-18/h1-12,15,22H,13-14,16H2,(H,29,33)(H,30,34). The molecule has 0 radical (unpaired) electrons. The molecular formula is C26H22ClFN4O3S. The summed E-state index contributed by atoms with van der Waals surface area (Å²) in [5, 5.41) is 4.44. The molecule has 1 unspecified atom stereocenters. The monoisotopic (exact) mass is 524 g/mol. The maximum Gasteiger partial charge on any atom is 0.269 e. The third kappa shape index (κ3) is 5.87. The van der Waals surface area contributed by atoms with E-state index in [9.17, 15) is 18.8 Å². The number of amides is 3. The lowest BCUT2D eigenvalue weighted by atomic mass is 10.1. The molecular weight excluding hydrogens is 503 g/mol. The smallest absolute Gasteiger partial charge is 0.269 e. The van der Waals surface area contributed by atoms with Crippen molar-refractivity contribution in [3.8, 4) is 0 Å². The average molecular weight is 525 g/mol. The zero-order chi connectivity index (χ0) is 25.7. The van der Waals surface area contributed by atoms with E-state index in [-0.39, 0.29) is 23.0 Å². The van der Waals surface area contributed by atoms with E-state index in [4.69, 9.17) is 23.8 Å². The van der Waals surface area contributed by atoms with Crippen molar-refractivity contribution in [3.05, 3.63) is 101 Å². The van der Waals surface area contributed by atoms with Crippen molar-refractivity contribution in [3.63, 3.8) is 0 Å². The highest BCUT2D eigenvalue weighted by Crippen LogP contribution is 2.27. The largest absolute Gasteiger partial charge is 0.356 e. The SMILES string of the molecule is O=C(CC1C(=O)N(c2ccc(Cl)cc2)C(=S)N1NC(=O)c1cccc(F)c1)NCCc1ccccc1. The fourth-order valence-corrected chi connectivity index (χ4v) is 4.26. The number of thiocarbonyl (C=S) groups is 1. The Hall–Kier alpha value is -3.82. The number of benzene rings is 3. The van der Waals surface area contributed by atoms with Gasteiger partial charge in [0.05, 0.1) is 12.1 Å². The molecule has 1 aliphatic heterocycles. The van der Waals surface area contributed by atoms with Crippen LogP contribution in [0.2, 0.25) is 5.02 Å². The molecule has 3 aromatic carbocycles. The molecule has 0 bridgehead atoms. The van der Waals surface area contributed by atoms with Crippen molar-refractivity contribution >= 4 is 52.3 Å². The zero-order valence-electron chi connectivity index (χ0n) is 19.0. The van der Waals surface area contributed by atoms with Gasteiger partial charge in [-0.1, -0.05) is 48.0 Å². The Morgan fingerprint density at radius 1 is 1.00 bits per heavy atom. The summed E-state index contributed by atoms with van der Waals surface area (Å²) in [6.07, 6.45) is 0.377. The number of anilines is 1. The second-order valence-corrected chi connectivity index (χ2v) is 8.86. The highest BCUT2D eigenvalue weighted by molar-refractivity contribution is 7.80. The van der Waals surface area contributed by atoms with Crippen LogP contribution in [0.4, 0.5) is 10.1 Å². The molecule has 0 aromatic heterocycles. The molecule has 2 N–H and O–H groups in total. The van der Waals surface area contributed by atoms with Gasteiger partial charge in [-0.25, -0.2) is 9.40 Å². The van der Waals surface area contributed by atoms with E-state index in [1.54, 1.807) is 24.3 Å². The molecule has 0 spiro atoms. The lowest BCUT2D eigenvalue weighted by Gasteiger charge is -2.24. The lowest BCUT2D eigenvalue weighted by Crippen LogP contribution is -2.50. The van der Waals surface area contributed by atoms with E-state index in [2.05, 4.69) is 10.7 Å². The Morgan fingerprint density at radius 2 is 1.72 bits per heavy atom. The van der Waals surface area contributed by atoms with E-state index in [0.717, 1.165) is 11.6 Å². The lowest BCUT2D eigenvalue weighted by molar-refractivity contribution is -0.127. The normalized spacial score (nSPS) is 15.2. The number of nitrogens with one attached hydrogen (secondary N) is 2. The van der Waals surface area contributed by atoms with Crippen LogP contribution in [0.5, 0.6) is 0 Å². The minimum Gasteiger partial charge on any atom is -0.356 e. The van der Waals surface area contributed by atoms with Gasteiger partial charge in [-0.05, 0) is 66.7 Å². The number of halogens is 2. The molecule has 1 atom stereocenters. The van der Waals surface area contributed by atoms with Crippen LogP contribution in [-0.4, -0.2) is 40.4 Å². The molecule has 1 heterocycles. The van der Waals surface area contributed by atoms with Crippen LogP contribution in [0, 0.1) is 5.82 Å². The van der Waals surface area contributed by atoms with Gasteiger partial charge >= 0.3 is 0 Å². The van der Waals surface area contributed by atoms with Crippen LogP contribution in [0.25, 0.3) is 0 Å². The van der Waals surface area contributed by atoms with Gasteiger partial charge in [-0.2, -0.15) is 0 Å². The highest BCUT2D eigenvalue weighted by atomic mass is 35.5. The molecule has 36 heavy (non-hydrogen) atoms. The van der Waals surface area contributed by atoms with E-state index in [0.29, 0.717) is 23.7 Å². The quantitative estimate of drug-likeness (QED) is 0.437. The number of hydrogen-bond acceptors (Lipinski definition) is 4. The average Bonchev–Trinajstić information content (AvgIpc) is 3.09. The summed E-state index contributed by atoms with van der Waals surface area (Å²) < 4.78 is 13.6. The van der Waals surface area contributed by atoms with Crippen LogP contribution >= 0.6 is 23.8 Å². The van der Waals surface area contributed by atoms with Crippen LogP contribution in [-0.2, 0) is 16.0 Å². The second-order valence-electron chi connectivity index (χ2n) is 8.06. The fourth-order valence-electron chi connectivity index (χ4n) is 3.77. The molecule has 7 nitrogen and oxygen atoms in total. The van der Waals surface area contributed by atoms with E-state index in [1.165, 1.54) is 28.1 Å². The van der Waals surface area contributed by atoms with Gasteiger partial charge in [0.25, 0.3) is 11.8 Å². The Kier molecular flexibility index (Phi) is 7.92. The van der Waals surface area contributed by atoms with Gasteiger partial charge in [0.1, 0.15) is 11.9 Å². The van der Waals surface area contributed by atoms with Crippen LogP contribution in [0.1, 0.15) is 22.3 Å². The van der Waals surface area contributed by atoms with Crippen molar-refractivity contribution in [2.75, 3.05) is 11.4 Å². The Bertz CT molecular complexity index is 1290. The number of rotatable bonds is 8. The second kappa shape index (κ2) is 11.3. The Labute approximate surface area is 217 Å². The summed E-state index contributed by atoms with van der Waals surface area (Å²) in [5.74, 6) is -2.12. The number of nitrogens with zero attached hydrogens (tertiary/aromatic N) is 2. The molecule has 1 saturated heterocycles. The summed E-state index contributed by atoms with van der Waals surface area (Å²) in [7, 11) is 0. The number of carbonyl (C=O) groups excluding carboxylic acids is 3. The summed E-state index contributed by atoms with van der Waals surface area (Å²) in [6, 6.07) is 20.1. The first kappa shape index (κ1) is 25.3. The molecule has 10 heteroatoms. The molecule has 184 valence electrons. The number of carbonyl (C=O) groups is 3. The van der Waals surface area contributed by atoms with E-state index in [1.807, 2.05) is 30.3 Å². The summed E-state index contributed by atoms with van der Waals surface area (Å²) >= 11 is 11.5. The zero-order valence-corrected chi connectivity index (χ0v) is 20.6. The fraction of sp³-hybridized carbons (Fsp3) is 0.154. The predicted molar refractivity (Wildman–Crippen MR) is 139 cm³/mol. The molecule has 0 aliphatic carbocycles. The first-order valence-electron chi connectivity index (χ1n) is 11.1.